The molecule has 0 spiro atoms. The molecule has 8 heterocycles. The number of ether oxygens (including phenoxy) is 1. The molecule has 2 atom stereocenters. The summed E-state index contributed by atoms with van der Waals surface area (Å²) in [7, 11) is 1.85. The molecular weight excluding hydrogens is 769 g/mol. The molecule has 1 N–H and O–H groups in total. The third-order valence-corrected chi connectivity index (χ3v) is 11.5. The van der Waals surface area contributed by atoms with E-state index in [-0.39, 0.29) is 24.5 Å². The zero-order chi connectivity index (χ0) is 40.9. The lowest BCUT2D eigenvalue weighted by Crippen LogP contribution is -2.54. The van der Waals surface area contributed by atoms with Crippen LogP contribution in [-0.4, -0.2) is 136 Å². The molecule has 0 saturated carbocycles. The molecule has 0 aliphatic carbocycles. The lowest BCUT2D eigenvalue weighted by Gasteiger charge is -2.36. The lowest BCUT2D eigenvalue weighted by molar-refractivity contribution is -0.136. The van der Waals surface area contributed by atoms with Gasteiger partial charge in [0.05, 0.1) is 48.5 Å². The predicted molar refractivity (Wildman–Crippen MR) is 215 cm³/mol. The Labute approximate surface area is 343 Å². The quantitative estimate of drug-likeness (QED) is 0.207. The molecule has 3 fully saturated rings. The predicted octanol–water partition coefficient (Wildman–Crippen LogP) is 1.71. The zero-order valence-electron chi connectivity index (χ0n) is 32.7. The Morgan fingerprint density at radius 3 is 2.38 bits per heavy atom. The van der Waals surface area contributed by atoms with Crippen LogP contribution in [0.5, 0.6) is 0 Å². The highest BCUT2D eigenvalue weighted by Gasteiger charge is 2.45. The van der Waals surface area contributed by atoms with Gasteiger partial charge in [-0.15, -0.1) is 5.10 Å². The van der Waals surface area contributed by atoms with E-state index in [2.05, 4.69) is 69.7 Å². The number of piperazine rings is 1. The van der Waals surface area contributed by atoms with Gasteiger partial charge in [0.2, 0.25) is 23.4 Å². The SMILES string of the molecule is Cn1cc(-c2cnc3c(nnn3C[C@@H]3CN(c4ncc(-c5ccc(CN6CCN(c7ccc8c(c7)C(=O)N(C7CCC(=O)NC7=O)C8=O)CC6)cc5)cn4)CCO3)n2)cn1. The number of carbonyl (C=O) groups excluding carboxylic acids is 4. The number of piperidine rings is 1. The van der Waals surface area contributed by atoms with Gasteiger partial charge in [-0.25, -0.2) is 24.6 Å². The summed E-state index contributed by atoms with van der Waals surface area (Å²) >= 11 is 0. The average molecular weight is 809 g/mol. The number of morpholine rings is 1. The second-order valence-corrected chi connectivity index (χ2v) is 15.4. The number of anilines is 2. The van der Waals surface area contributed by atoms with Crippen molar-refractivity contribution in [2.24, 2.45) is 7.05 Å². The first-order valence-electron chi connectivity index (χ1n) is 19.9. The van der Waals surface area contributed by atoms with Crippen LogP contribution < -0.4 is 15.1 Å². The Bertz CT molecular complexity index is 2640. The Balaban J connectivity index is 0.718. The summed E-state index contributed by atoms with van der Waals surface area (Å²) in [4.78, 5) is 76.9. The molecule has 1 unspecified atom stereocenters. The van der Waals surface area contributed by atoms with E-state index in [0.717, 1.165) is 60.0 Å². The fraction of sp³-hybridized carbons (Fsp3) is 0.341. The first-order valence-corrected chi connectivity index (χ1v) is 19.9. The van der Waals surface area contributed by atoms with Gasteiger partial charge in [0.1, 0.15) is 6.04 Å². The van der Waals surface area contributed by atoms with Gasteiger partial charge in [0.25, 0.3) is 11.8 Å². The molecule has 3 saturated heterocycles. The van der Waals surface area contributed by atoms with Crippen LogP contribution in [0.2, 0.25) is 0 Å². The van der Waals surface area contributed by atoms with E-state index in [4.69, 9.17) is 14.7 Å². The topological polar surface area (TPSA) is 203 Å². The van der Waals surface area contributed by atoms with E-state index in [1.165, 1.54) is 5.56 Å². The number of fused-ring (bicyclic) bond motifs is 2. The first kappa shape index (κ1) is 37.3. The summed E-state index contributed by atoms with van der Waals surface area (Å²) in [6.07, 6.45) is 9.09. The second-order valence-electron chi connectivity index (χ2n) is 15.4. The minimum atomic E-state index is -0.981. The summed E-state index contributed by atoms with van der Waals surface area (Å²) < 4.78 is 9.53. The zero-order valence-corrected chi connectivity index (χ0v) is 32.7. The number of hydrogen-bond donors (Lipinski definition) is 1. The van der Waals surface area contributed by atoms with Crippen molar-refractivity contribution < 1.29 is 23.9 Å². The monoisotopic (exact) mass is 808 g/mol. The summed E-state index contributed by atoms with van der Waals surface area (Å²) in [6, 6.07) is 12.8. The number of nitrogens with zero attached hydrogens (tertiary/aromatic N) is 13. The fourth-order valence-electron chi connectivity index (χ4n) is 8.30. The van der Waals surface area contributed by atoms with Gasteiger partial charge in [-0.05, 0) is 35.7 Å². The van der Waals surface area contributed by atoms with E-state index in [0.29, 0.717) is 54.7 Å². The highest BCUT2D eigenvalue weighted by molar-refractivity contribution is 6.23. The molecule has 6 aromatic rings. The van der Waals surface area contributed by atoms with Crippen molar-refractivity contribution >= 4 is 46.6 Å². The highest BCUT2D eigenvalue weighted by Crippen LogP contribution is 2.31. The number of aromatic nitrogens is 9. The van der Waals surface area contributed by atoms with Gasteiger partial charge < -0.3 is 14.5 Å². The normalized spacial score (nSPS) is 20.0. The minimum absolute atomic E-state index is 0.0864. The Morgan fingerprint density at radius 1 is 0.817 bits per heavy atom. The molecule has 19 heteroatoms. The second kappa shape index (κ2) is 15.3. The van der Waals surface area contributed by atoms with E-state index in [1.807, 2.05) is 31.7 Å². The molecule has 19 nitrogen and oxygen atoms in total. The van der Waals surface area contributed by atoms with Crippen LogP contribution >= 0.6 is 0 Å². The lowest BCUT2D eigenvalue weighted by atomic mass is 10.0. The van der Waals surface area contributed by atoms with Gasteiger partial charge in [-0.3, -0.25) is 39.0 Å². The number of aryl methyl sites for hydroxylation is 1. The third-order valence-electron chi connectivity index (χ3n) is 11.5. The van der Waals surface area contributed by atoms with Gasteiger partial charge in [-0.1, -0.05) is 29.5 Å². The molecule has 304 valence electrons. The number of nitrogens with one attached hydrogen (secondary N) is 1. The Morgan fingerprint density at radius 2 is 1.62 bits per heavy atom. The van der Waals surface area contributed by atoms with Crippen LogP contribution in [0.25, 0.3) is 33.7 Å². The van der Waals surface area contributed by atoms with E-state index in [1.54, 1.807) is 33.9 Å². The van der Waals surface area contributed by atoms with Gasteiger partial charge in [0.15, 0.2) is 5.65 Å². The molecule has 4 aliphatic rings. The van der Waals surface area contributed by atoms with Crippen LogP contribution in [0.1, 0.15) is 39.1 Å². The van der Waals surface area contributed by atoms with E-state index >= 15 is 0 Å². The van der Waals surface area contributed by atoms with Crippen LogP contribution in [0, 0.1) is 0 Å². The molecular formula is C41H40N14O5. The molecule has 0 radical (unpaired) electrons. The maximum Gasteiger partial charge on any atom is 0.262 e. The van der Waals surface area contributed by atoms with Crippen molar-refractivity contribution in [2.45, 2.75) is 38.1 Å². The number of amides is 4. The Hall–Kier alpha value is -6.99. The minimum Gasteiger partial charge on any atom is -0.373 e. The average Bonchev–Trinajstić information content (AvgIpc) is 3.96. The highest BCUT2D eigenvalue weighted by atomic mass is 16.5. The molecule has 4 aliphatic heterocycles. The van der Waals surface area contributed by atoms with Crippen molar-refractivity contribution in [1.29, 1.82) is 0 Å². The molecule has 10 rings (SSSR count). The largest absolute Gasteiger partial charge is 0.373 e. The Kier molecular flexibility index (Phi) is 9.52. The van der Waals surface area contributed by atoms with Crippen LogP contribution in [0.4, 0.5) is 11.6 Å². The van der Waals surface area contributed by atoms with Crippen molar-refractivity contribution in [3.8, 4) is 22.4 Å². The first-order chi connectivity index (χ1) is 29.2. The third kappa shape index (κ3) is 7.10. The molecule has 4 amide bonds. The summed E-state index contributed by atoms with van der Waals surface area (Å²) in [5, 5.41) is 15.0. The molecule has 0 bridgehead atoms. The van der Waals surface area contributed by atoms with Gasteiger partial charge in [0, 0.05) is 94.7 Å². The van der Waals surface area contributed by atoms with Crippen LogP contribution in [0.3, 0.4) is 0 Å². The van der Waals surface area contributed by atoms with Gasteiger partial charge >= 0.3 is 0 Å². The van der Waals surface area contributed by atoms with Crippen molar-refractivity contribution in [1.82, 2.24) is 59.8 Å². The number of rotatable bonds is 9. The summed E-state index contributed by atoms with van der Waals surface area (Å²) in [5.74, 6) is -1.36. The molecule has 2 aromatic carbocycles. The van der Waals surface area contributed by atoms with E-state index in [9.17, 15) is 19.2 Å². The smallest absolute Gasteiger partial charge is 0.262 e. The fourth-order valence-corrected chi connectivity index (χ4v) is 8.30. The standard InChI is InChI=1S/C41H40N14O5/c1-50-22-28(19-45-50)33-20-42-37-36(46-33)48-49-54(37)24-30-23-53(14-15-60-30)41-43-17-27(18-44-41)26-4-2-25(3-5-26)21-51-10-12-52(13-11-51)29-6-7-31-32(16-29)40(59)55(39(31)58)34-8-9-35(56)47-38(34)57/h2-7,16-20,22,30,34H,8-15,21,23-24H2,1H3,(H,47,56,57)/t30-,34?/m0/s1. The van der Waals surface area contributed by atoms with Crippen molar-refractivity contribution in [3.63, 3.8) is 0 Å². The summed E-state index contributed by atoms with van der Waals surface area (Å²) in [5.41, 5.74) is 7.19. The number of imide groups is 2. The summed E-state index contributed by atoms with van der Waals surface area (Å²) in [6.45, 7) is 6.19. The van der Waals surface area contributed by atoms with Gasteiger partial charge in [-0.2, -0.15) is 5.10 Å². The maximum absolute atomic E-state index is 13.3. The number of benzene rings is 2. The van der Waals surface area contributed by atoms with Crippen LogP contribution in [-0.2, 0) is 34.5 Å². The van der Waals surface area contributed by atoms with Crippen molar-refractivity contribution in [3.05, 3.63) is 90.1 Å². The molecule has 60 heavy (non-hydrogen) atoms. The number of carbonyl (C=O) groups is 4. The molecule has 4 aromatic heterocycles. The van der Waals surface area contributed by atoms with Crippen LogP contribution in [0.15, 0.2) is 73.4 Å². The maximum atomic E-state index is 13.3. The van der Waals surface area contributed by atoms with E-state index < -0.39 is 29.7 Å². The van der Waals surface area contributed by atoms with Crippen molar-refractivity contribution in [2.75, 3.05) is 55.7 Å². The number of hydrogen-bond acceptors (Lipinski definition) is 15.